The predicted octanol–water partition coefficient (Wildman–Crippen LogP) is 4.46. The van der Waals surface area contributed by atoms with Crippen molar-refractivity contribution >= 4 is 23.6 Å². The molecule has 0 aliphatic rings. The molecule has 5 nitrogen and oxygen atoms in total. The van der Waals surface area contributed by atoms with Crippen LogP contribution < -0.4 is 4.74 Å². The van der Waals surface area contributed by atoms with Crippen LogP contribution in [0.2, 0.25) is 0 Å². The summed E-state index contributed by atoms with van der Waals surface area (Å²) in [5, 5.41) is 10.4. The maximum Gasteiger partial charge on any atom is 0.343 e. The van der Waals surface area contributed by atoms with Gasteiger partial charge in [0, 0.05) is 11.8 Å². The van der Waals surface area contributed by atoms with Gasteiger partial charge in [-0.3, -0.25) is 4.99 Å². The number of hydrogen-bond acceptors (Lipinski definition) is 5. The highest BCUT2D eigenvalue weighted by atomic mass is 19.1. The first-order valence-electron chi connectivity index (χ1n) is 8.18. The molecule has 6 heteroatoms. The molecule has 0 atom stereocenters. The molecule has 2 rings (SSSR count). The van der Waals surface area contributed by atoms with E-state index in [4.69, 9.17) is 9.47 Å². The van der Waals surface area contributed by atoms with E-state index in [-0.39, 0.29) is 23.5 Å². The number of aliphatic hydroxyl groups is 1. The molecule has 1 N–H and O–H groups in total. The first kappa shape index (κ1) is 19.2. The summed E-state index contributed by atoms with van der Waals surface area (Å²) < 4.78 is 23.4. The number of carbonyl (C=O) groups excluding carboxylic acids is 1. The minimum atomic E-state index is -0.719. The molecule has 0 aliphatic heterocycles. The van der Waals surface area contributed by atoms with E-state index in [2.05, 4.69) is 4.99 Å². The number of nitrogens with zero attached hydrogens (tertiary/aromatic N) is 1. The van der Waals surface area contributed by atoms with Crippen molar-refractivity contribution in [3.63, 3.8) is 0 Å². The summed E-state index contributed by atoms with van der Waals surface area (Å²) in [6, 6.07) is 12.1. The van der Waals surface area contributed by atoms with Crippen LogP contribution in [0.4, 0.5) is 10.1 Å². The molecule has 26 heavy (non-hydrogen) atoms. The Morgan fingerprint density at radius 2 is 1.73 bits per heavy atom. The van der Waals surface area contributed by atoms with Gasteiger partial charge >= 0.3 is 5.97 Å². The highest BCUT2D eigenvalue weighted by Gasteiger charge is 2.16. The zero-order valence-corrected chi connectivity index (χ0v) is 14.6. The van der Waals surface area contributed by atoms with Gasteiger partial charge in [0.15, 0.2) is 0 Å². The number of halogens is 1. The van der Waals surface area contributed by atoms with Gasteiger partial charge in [-0.25, -0.2) is 9.18 Å². The quantitative estimate of drug-likeness (QED) is 0.344. The number of benzene rings is 2. The molecule has 0 spiro atoms. The van der Waals surface area contributed by atoms with Gasteiger partial charge in [0.25, 0.3) is 0 Å². The summed E-state index contributed by atoms with van der Waals surface area (Å²) in [6.45, 7) is 4.26. The fourth-order valence-corrected chi connectivity index (χ4v) is 2.12. The van der Waals surface area contributed by atoms with Gasteiger partial charge in [-0.2, -0.15) is 0 Å². The maximum atomic E-state index is 13.1. The van der Waals surface area contributed by atoms with Crippen LogP contribution in [0, 0.1) is 5.82 Å². The lowest BCUT2D eigenvalue weighted by atomic mass is 10.1. The second-order valence-electron chi connectivity index (χ2n) is 5.17. The number of rotatable bonds is 7. The van der Waals surface area contributed by atoms with Crippen molar-refractivity contribution in [3.8, 4) is 5.75 Å². The van der Waals surface area contributed by atoms with Crippen LogP contribution in [0.3, 0.4) is 0 Å². The monoisotopic (exact) mass is 357 g/mol. The molecule has 0 unspecified atom stereocenters. The second kappa shape index (κ2) is 9.36. The third-order valence-electron chi connectivity index (χ3n) is 3.36. The number of ether oxygens (including phenoxy) is 2. The number of hydrogen-bond donors (Lipinski definition) is 1. The standard InChI is InChI=1S/C20H20FNO4/c1-3-25-17-11-9-16(10-12-17)22-13-18(20(24)26-4-2)19(23)14-5-7-15(21)8-6-14/h5-13,23H,3-4H2,1-2H3. The van der Waals surface area contributed by atoms with E-state index < -0.39 is 11.8 Å². The van der Waals surface area contributed by atoms with Crippen molar-refractivity contribution in [2.24, 2.45) is 4.99 Å². The van der Waals surface area contributed by atoms with E-state index in [1.165, 1.54) is 30.5 Å². The lowest BCUT2D eigenvalue weighted by molar-refractivity contribution is -0.137. The smallest absolute Gasteiger partial charge is 0.343 e. The summed E-state index contributed by atoms with van der Waals surface area (Å²) in [7, 11) is 0. The normalized spacial score (nSPS) is 12.0. The number of aliphatic hydroxyl groups excluding tert-OH is 1. The molecular weight excluding hydrogens is 337 g/mol. The molecule has 0 radical (unpaired) electrons. The van der Waals surface area contributed by atoms with Gasteiger partial charge in [0.2, 0.25) is 0 Å². The zero-order chi connectivity index (χ0) is 18.9. The predicted molar refractivity (Wildman–Crippen MR) is 98.3 cm³/mol. The van der Waals surface area contributed by atoms with Gasteiger partial charge in [-0.15, -0.1) is 0 Å². The molecule has 0 aromatic heterocycles. The van der Waals surface area contributed by atoms with E-state index in [0.717, 1.165) is 0 Å². The Balaban J connectivity index is 2.33. The van der Waals surface area contributed by atoms with Crippen LogP contribution in [0.25, 0.3) is 5.76 Å². The molecule has 0 bridgehead atoms. The van der Waals surface area contributed by atoms with Gasteiger partial charge < -0.3 is 14.6 Å². The number of esters is 1. The average Bonchev–Trinajstić information content (AvgIpc) is 2.64. The Bertz CT molecular complexity index is 796. The van der Waals surface area contributed by atoms with E-state index in [9.17, 15) is 14.3 Å². The maximum absolute atomic E-state index is 13.1. The molecule has 2 aromatic carbocycles. The fraction of sp³-hybridized carbons (Fsp3) is 0.200. The van der Waals surface area contributed by atoms with Crippen molar-refractivity contribution in [3.05, 3.63) is 65.5 Å². The molecule has 0 fully saturated rings. The highest BCUT2D eigenvalue weighted by molar-refractivity contribution is 6.15. The number of aliphatic imine (C=N–C) groups is 1. The summed E-state index contributed by atoms with van der Waals surface area (Å²) in [5.74, 6) is -0.786. The molecular formula is C20H20FNO4. The lowest BCUT2D eigenvalue weighted by Gasteiger charge is -2.07. The van der Waals surface area contributed by atoms with Crippen LogP contribution >= 0.6 is 0 Å². The van der Waals surface area contributed by atoms with Crippen LogP contribution in [0.5, 0.6) is 5.75 Å². The zero-order valence-electron chi connectivity index (χ0n) is 14.6. The Morgan fingerprint density at radius 1 is 1.08 bits per heavy atom. The minimum Gasteiger partial charge on any atom is -0.506 e. The van der Waals surface area contributed by atoms with Crippen molar-refractivity contribution in [2.45, 2.75) is 13.8 Å². The summed E-state index contributed by atoms with van der Waals surface area (Å²) in [5.41, 5.74) is 0.738. The molecule has 136 valence electrons. The van der Waals surface area contributed by atoms with Crippen molar-refractivity contribution < 1.29 is 23.8 Å². The SMILES string of the molecule is CCOC(=O)C(C=Nc1ccc(OCC)cc1)=C(O)c1ccc(F)cc1. The first-order valence-corrected chi connectivity index (χ1v) is 8.18. The molecule has 0 saturated carbocycles. The number of carbonyl (C=O) groups is 1. The van der Waals surface area contributed by atoms with E-state index in [1.54, 1.807) is 31.2 Å². The topological polar surface area (TPSA) is 68.1 Å². The minimum absolute atomic E-state index is 0.118. The first-order chi connectivity index (χ1) is 12.5. The molecule has 0 amide bonds. The highest BCUT2D eigenvalue weighted by Crippen LogP contribution is 2.20. The average molecular weight is 357 g/mol. The van der Waals surface area contributed by atoms with Crippen LogP contribution in [-0.4, -0.2) is 30.5 Å². The van der Waals surface area contributed by atoms with Crippen molar-refractivity contribution in [2.75, 3.05) is 13.2 Å². The Morgan fingerprint density at radius 3 is 2.31 bits per heavy atom. The van der Waals surface area contributed by atoms with E-state index >= 15 is 0 Å². The van der Waals surface area contributed by atoms with Gasteiger partial charge in [-0.05, 0) is 62.4 Å². The van der Waals surface area contributed by atoms with Crippen LogP contribution in [-0.2, 0) is 9.53 Å². The van der Waals surface area contributed by atoms with Crippen LogP contribution in [0.1, 0.15) is 19.4 Å². The Hall–Kier alpha value is -3.15. The summed E-state index contributed by atoms with van der Waals surface area (Å²) in [6.07, 6.45) is 1.23. The van der Waals surface area contributed by atoms with Crippen molar-refractivity contribution in [1.29, 1.82) is 0 Å². The van der Waals surface area contributed by atoms with Gasteiger partial charge in [-0.1, -0.05) is 0 Å². The second-order valence-corrected chi connectivity index (χ2v) is 5.17. The third-order valence-corrected chi connectivity index (χ3v) is 3.36. The molecule has 2 aromatic rings. The third kappa shape index (κ3) is 5.17. The molecule has 0 aliphatic carbocycles. The van der Waals surface area contributed by atoms with E-state index in [0.29, 0.717) is 18.0 Å². The summed E-state index contributed by atoms with van der Waals surface area (Å²) in [4.78, 5) is 16.4. The Kier molecular flexibility index (Phi) is 6.91. The van der Waals surface area contributed by atoms with Crippen LogP contribution in [0.15, 0.2) is 59.1 Å². The Labute approximate surface area is 151 Å². The van der Waals surface area contributed by atoms with Crippen molar-refractivity contribution in [1.82, 2.24) is 0 Å². The van der Waals surface area contributed by atoms with E-state index in [1.807, 2.05) is 6.92 Å². The lowest BCUT2D eigenvalue weighted by Crippen LogP contribution is -2.11. The van der Waals surface area contributed by atoms with Gasteiger partial charge in [0.05, 0.1) is 18.9 Å². The fourth-order valence-electron chi connectivity index (χ4n) is 2.12. The molecule has 0 heterocycles. The summed E-state index contributed by atoms with van der Waals surface area (Å²) >= 11 is 0. The van der Waals surface area contributed by atoms with Gasteiger partial charge in [0.1, 0.15) is 22.9 Å². The largest absolute Gasteiger partial charge is 0.506 e. The molecule has 0 saturated heterocycles.